The molecule has 0 N–H and O–H groups in total. The quantitative estimate of drug-likeness (QED) is 0.0904. The molecule has 0 aliphatic rings. The molecular formula is C64H46IrN3. The normalized spacial score (nSPS) is 11.1. The zero-order chi connectivity index (χ0) is 44.9. The topological polar surface area (TPSA) is 38.7 Å². The maximum Gasteiger partial charge on any atom is 3.00 e. The van der Waals surface area contributed by atoms with Crippen LogP contribution < -0.4 is 0 Å². The molecular weight excluding hydrogens is 1000 g/mol. The Morgan fingerprint density at radius 3 is 1.59 bits per heavy atom. The number of benzene rings is 8. The van der Waals surface area contributed by atoms with Gasteiger partial charge in [0.05, 0.1) is 0 Å². The van der Waals surface area contributed by atoms with Crippen molar-refractivity contribution in [3.63, 3.8) is 0 Å². The average Bonchev–Trinajstić information content (AvgIpc) is 3.40. The predicted molar refractivity (Wildman–Crippen MR) is 276 cm³/mol. The van der Waals surface area contributed by atoms with Crippen molar-refractivity contribution < 1.29 is 20.1 Å². The standard InChI is InChI=1S/C64H46N3.Ir/c1-44-16-35-64(67-43-44)54-32-34-60(61(42-54)53-31-33-58-52(41-53)30-29-49-10-2-3-11-56(49)58)59-13-5-4-12-57(59)55-39-47(19-17-45-21-25-50(26-22-45)62-14-6-8-36-65-62)38-48(40-55)20-18-46-23-27-51(28-24-46)63-15-7-9-37-66-63;/h2-16,21-25,27,29-31,33-43H,17-20H2,1H3;/q-3;+3. The Balaban J connectivity index is 0.00000539. The van der Waals surface area contributed by atoms with E-state index in [-0.39, 0.29) is 20.1 Å². The molecule has 8 aromatic carbocycles. The molecule has 4 heteroatoms. The van der Waals surface area contributed by atoms with E-state index in [4.69, 9.17) is 4.98 Å². The Hall–Kier alpha value is -7.62. The molecule has 3 aromatic heterocycles. The van der Waals surface area contributed by atoms with Crippen molar-refractivity contribution in [1.82, 2.24) is 15.0 Å². The third kappa shape index (κ3) is 9.62. The summed E-state index contributed by atoms with van der Waals surface area (Å²) in [5, 5.41) is 4.97. The summed E-state index contributed by atoms with van der Waals surface area (Å²) in [5.41, 5.74) is 19.0. The van der Waals surface area contributed by atoms with Crippen LogP contribution in [-0.2, 0) is 45.8 Å². The van der Waals surface area contributed by atoms with Gasteiger partial charge in [-0.15, -0.1) is 94.5 Å². The van der Waals surface area contributed by atoms with Gasteiger partial charge in [0.1, 0.15) is 0 Å². The second-order valence-electron chi connectivity index (χ2n) is 17.4. The van der Waals surface area contributed by atoms with Gasteiger partial charge in [-0.1, -0.05) is 157 Å². The molecule has 0 fully saturated rings. The molecule has 0 aliphatic carbocycles. The van der Waals surface area contributed by atoms with Gasteiger partial charge in [0, 0.05) is 18.6 Å². The minimum Gasteiger partial charge on any atom is -0.305 e. The van der Waals surface area contributed by atoms with Crippen LogP contribution in [-0.4, -0.2) is 15.0 Å². The van der Waals surface area contributed by atoms with Crippen LogP contribution in [0.3, 0.4) is 0 Å². The van der Waals surface area contributed by atoms with Crippen molar-refractivity contribution in [1.29, 1.82) is 0 Å². The van der Waals surface area contributed by atoms with Gasteiger partial charge in [0.2, 0.25) is 0 Å². The van der Waals surface area contributed by atoms with Gasteiger partial charge in [-0.25, -0.2) is 0 Å². The van der Waals surface area contributed by atoms with Gasteiger partial charge in [-0.2, -0.15) is 0 Å². The Labute approximate surface area is 412 Å². The summed E-state index contributed by atoms with van der Waals surface area (Å²) in [6.07, 6.45) is 9.19. The molecule has 0 bridgehead atoms. The van der Waals surface area contributed by atoms with Crippen molar-refractivity contribution in [3.8, 4) is 67.2 Å². The largest absolute Gasteiger partial charge is 3.00 e. The second-order valence-corrected chi connectivity index (χ2v) is 17.4. The van der Waals surface area contributed by atoms with E-state index in [1.54, 1.807) is 0 Å². The molecule has 11 aromatic rings. The molecule has 0 spiro atoms. The Kier molecular flexibility index (Phi) is 13.1. The van der Waals surface area contributed by atoms with E-state index >= 15 is 0 Å². The van der Waals surface area contributed by atoms with E-state index in [0.29, 0.717) is 0 Å². The van der Waals surface area contributed by atoms with Crippen LogP contribution in [0.2, 0.25) is 0 Å². The van der Waals surface area contributed by atoms with Crippen LogP contribution in [0, 0.1) is 25.1 Å². The summed E-state index contributed by atoms with van der Waals surface area (Å²) in [5.74, 6) is 0. The van der Waals surface area contributed by atoms with Crippen molar-refractivity contribution in [3.05, 3.63) is 259 Å². The molecule has 0 saturated heterocycles. The van der Waals surface area contributed by atoms with Crippen LogP contribution in [0.5, 0.6) is 0 Å². The molecule has 0 atom stereocenters. The first kappa shape index (κ1) is 44.2. The first-order valence-electron chi connectivity index (χ1n) is 23.1. The number of aryl methyl sites for hydroxylation is 5. The fraction of sp³-hybridized carbons (Fsp3) is 0.0781. The minimum atomic E-state index is 0. The number of pyridine rings is 3. The SMILES string of the molecule is Cc1ccc(-c2[c-]cc(-c3ccccc3-c3cc(CCc4c[c-]c(-c5ccccn5)cc4)cc(CCc4c[c-]c(-c5ccccn5)cc4)c3)c(-c3ccc4c(ccc5ccccc54)c3)c2)nc1.[Ir+3]. The van der Waals surface area contributed by atoms with Crippen molar-refractivity contribution in [2.24, 2.45) is 0 Å². The van der Waals surface area contributed by atoms with Crippen LogP contribution in [0.25, 0.3) is 88.7 Å². The third-order valence-corrected chi connectivity index (χ3v) is 12.8. The number of hydrogen-bond donors (Lipinski definition) is 0. The van der Waals surface area contributed by atoms with Gasteiger partial charge in [-0.05, 0) is 110 Å². The number of hydrogen-bond acceptors (Lipinski definition) is 3. The van der Waals surface area contributed by atoms with Gasteiger partial charge in [0.25, 0.3) is 0 Å². The van der Waals surface area contributed by atoms with Crippen LogP contribution in [0.4, 0.5) is 0 Å². The van der Waals surface area contributed by atoms with Crippen molar-refractivity contribution >= 4 is 21.5 Å². The summed E-state index contributed by atoms with van der Waals surface area (Å²) in [4.78, 5) is 13.9. The molecule has 0 unspecified atom stereocenters. The summed E-state index contributed by atoms with van der Waals surface area (Å²) in [6, 6.07) is 80.4. The van der Waals surface area contributed by atoms with E-state index in [2.05, 4.69) is 193 Å². The molecule has 0 amide bonds. The number of aromatic nitrogens is 3. The molecule has 11 rings (SSSR count). The maximum atomic E-state index is 4.83. The maximum absolute atomic E-state index is 4.83. The zero-order valence-corrected chi connectivity index (χ0v) is 40.1. The van der Waals surface area contributed by atoms with Crippen LogP contribution in [0.15, 0.2) is 213 Å². The minimum absolute atomic E-state index is 0. The number of rotatable bonds is 12. The van der Waals surface area contributed by atoms with Crippen molar-refractivity contribution in [2.45, 2.75) is 32.6 Å². The van der Waals surface area contributed by atoms with E-state index in [0.717, 1.165) is 81.7 Å². The first-order chi connectivity index (χ1) is 33.1. The van der Waals surface area contributed by atoms with Crippen molar-refractivity contribution in [2.75, 3.05) is 0 Å². The van der Waals surface area contributed by atoms with E-state index < -0.39 is 0 Å². The number of nitrogens with zero attached hydrogens (tertiary/aromatic N) is 3. The fourth-order valence-corrected chi connectivity index (χ4v) is 9.25. The van der Waals surface area contributed by atoms with Gasteiger partial charge < -0.3 is 15.0 Å². The van der Waals surface area contributed by atoms with E-state index in [1.807, 2.05) is 55.0 Å². The van der Waals surface area contributed by atoms with Gasteiger partial charge in [0.15, 0.2) is 0 Å². The molecule has 0 saturated carbocycles. The monoisotopic (exact) mass is 1050 g/mol. The summed E-state index contributed by atoms with van der Waals surface area (Å²) >= 11 is 0. The molecule has 3 heterocycles. The average molecular weight is 1050 g/mol. The molecule has 68 heavy (non-hydrogen) atoms. The van der Waals surface area contributed by atoms with E-state index in [1.165, 1.54) is 60.5 Å². The number of fused-ring (bicyclic) bond motifs is 3. The molecule has 0 aliphatic heterocycles. The van der Waals surface area contributed by atoms with Crippen LogP contribution in [0.1, 0.15) is 27.8 Å². The summed E-state index contributed by atoms with van der Waals surface area (Å²) < 4.78 is 0. The fourth-order valence-electron chi connectivity index (χ4n) is 9.25. The Morgan fingerprint density at radius 2 is 0.956 bits per heavy atom. The van der Waals surface area contributed by atoms with Gasteiger partial charge in [-0.3, -0.25) is 0 Å². The summed E-state index contributed by atoms with van der Waals surface area (Å²) in [6.45, 7) is 2.07. The first-order valence-corrected chi connectivity index (χ1v) is 23.1. The smallest absolute Gasteiger partial charge is 0.305 e. The van der Waals surface area contributed by atoms with Crippen LogP contribution >= 0.6 is 0 Å². The Bertz CT molecular complexity index is 3390. The second kappa shape index (κ2) is 20.1. The summed E-state index contributed by atoms with van der Waals surface area (Å²) in [7, 11) is 0. The zero-order valence-electron chi connectivity index (χ0n) is 37.7. The predicted octanol–water partition coefficient (Wildman–Crippen LogP) is 15.5. The van der Waals surface area contributed by atoms with E-state index in [9.17, 15) is 0 Å². The molecule has 3 nitrogen and oxygen atoms in total. The Morgan fingerprint density at radius 1 is 0.368 bits per heavy atom. The van der Waals surface area contributed by atoms with Gasteiger partial charge >= 0.3 is 20.1 Å². The molecule has 0 radical (unpaired) electrons. The molecule has 326 valence electrons. The third-order valence-electron chi connectivity index (χ3n) is 12.8.